The number of aliphatic hydroxyl groups excluding tert-OH is 1. The quantitative estimate of drug-likeness (QED) is 0.355. The van der Waals surface area contributed by atoms with Gasteiger partial charge < -0.3 is 20.7 Å². The van der Waals surface area contributed by atoms with Crippen LogP contribution in [0.1, 0.15) is 30.1 Å². The van der Waals surface area contributed by atoms with E-state index in [-0.39, 0.29) is 22.9 Å². The number of rotatable bonds is 4. The van der Waals surface area contributed by atoms with E-state index in [4.69, 9.17) is 22.3 Å². The molecule has 182 valence electrons. The second-order valence-corrected chi connectivity index (χ2v) is 8.67. The highest BCUT2D eigenvalue weighted by Crippen LogP contribution is 2.40. The summed E-state index contributed by atoms with van der Waals surface area (Å²) in [6.07, 6.45) is 2.77. The molecule has 2 aliphatic rings. The highest BCUT2D eigenvalue weighted by molar-refractivity contribution is 6.30. The van der Waals surface area contributed by atoms with Crippen molar-refractivity contribution in [2.45, 2.75) is 25.1 Å². The largest absolute Gasteiger partial charge is 0.384 e. The third kappa shape index (κ3) is 3.69. The second kappa shape index (κ2) is 8.46. The molecule has 14 heteroatoms. The van der Waals surface area contributed by atoms with Gasteiger partial charge in [0.1, 0.15) is 30.0 Å². The first kappa shape index (κ1) is 22.2. The summed E-state index contributed by atoms with van der Waals surface area (Å²) in [5, 5.41) is 22.8. The van der Waals surface area contributed by atoms with Crippen molar-refractivity contribution in [3.8, 4) is 17.1 Å². The Morgan fingerprint density at radius 2 is 1.97 bits per heavy atom. The number of nitrogens with one attached hydrogen (secondary N) is 1. The predicted octanol–water partition coefficient (Wildman–Crippen LogP) is 2.87. The molecule has 11 nitrogen and oxygen atoms in total. The average Bonchev–Trinajstić information content (AvgIpc) is 3.59. The van der Waals surface area contributed by atoms with Crippen LogP contribution < -0.4 is 5.73 Å². The first-order chi connectivity index (χ1) is 17.4. The number of H-pyrrole nitrogens is 1. The molecule has 3 aromatic heterocycles. The standard InChI is InChI=1S/C22H17ClF2N10O/c23-10-1-3-14(34-9-27-32-33-34)12(7-10)13-8-18(36)35-15(4-6-17(35)28-13)19-21(25)31-22(30-19)11-2-5-16(26)29-20(11)24/h1-3,5,7-9,15,18,36H,4,6H2,(H2,26,29)(H,30,31)/t15-,18?/m1/s1. The summed E-state index contributed by atoms with van der Waals surface area (Å²) in [6.45, 7) is 0. The molecule has 0 saturated carbocycles. The minimum absolute atomic E-state index is 0.00196. The lowest BCUT2D eigenvalue weighted by Crippen LogP contribution is -2.39. The maximum atomic E-state index is 14.9. The number of nitrogen functional groups attached to an aromatic ring is 1. The van der Waals surface area contributed by atoms with E-state index in [1.807, 2.05) is 0 Å². The van der Waals surface area contributed by atoms with E-state index in [2.05, 4.69) is 30.5 Å². The number of hydrogen-bond acceptors (Lipinski definition) is 9. The van der Waals surface area contributed by atoms with E-state index in [9.17, 15) is 13.9 Å². The Morgan fingerprint density at radius 3 is 2.75 bits per heavy atom. The Labute approximate surface area is 207 Å². The minimum Gasteiger partial charge on any atom is -0.384 e. The number of aliphatic hydroxyl groups is 1. The van der Waals surface area contributed by atoms with Gasteiger partial charge in [-0.05, 0) is 53.3 Å². The average molecular weight is 511 g/mol. The molecule has 1 fully saturated rings. The fraction of sp³-hybridized carbons (Fsp3) is 0.182. The zero-order chi connectivity index (χ0) is 25.0. The fourth-order valence-electron chi connectivity index (χ4n) is 4.52. The molecule has 1 saturated heterocycles. The number of hydrogen-bond donors (Lipinski definition) is 3. The van der Waals surface area contributed by atoms with Crippen LogP contribution in [0.5, 0.6) is 0 Å². The third-order valence-electron chi connectivity index (χ3n) is 6.09. The number of amidine groups is 1. The maximum absolute atomic E-state index is 14.9. The summed E-state index contributed by atoms with van der Waals surface area (Å²) in [6, 6.07) is 7.33. The SMILES string of the molecule is Nc1ccc(-c2nc(F)c([C@H]3CCC4=NC(c5cc(Cl)ccc5-n5cnnn5)=CC(O)N43)[nH]2)c(F)n1. The van der Waals surface area contributed by atoms with Gasteiger partial charge in [0, 0.05) is 17.0 Å². The molecule has 0 bridgehead atoms. The molecular weight excluding hydrogens is 494 g/mol. The Hall–Kier alpha value is -4.23. The predicted molar refractivity (Wildman–Crippen MR) is 126 cm³/mol. The number of aromatic nitrogens is 7. The molecule has 4 aromatic rings. The van der Waals surface area contributed by atoms with Crippen molar-refractivity contribution in [1.29, 1.82) is 0 Å². The molecule has 1 unspecified atom stereocenters. The third-order valence-corrected chi connectivity index (χ3v) is 6.33. The number of tetrazole rings is 1. The second-order valence-electron chi connectivity index (χ2n) is 8.24. The Bertz CT molecular complexity index is 1530. The van der Waals surface area contributed by atoms with Gasteiger partial charge in [-0.1, -0.05) is 11.6 Å². The maximum Gasteiger partial charge on any atom is 0.236 e. The Kier molecular flexibility index (Phi) is 5.23. The van der Waals surface area contributed by atoms with Gasteiger partial charge in [-0.15, -0.1) is 5.10 Å². The summed E-state index contributed by atoms with van der Waals surface area (Å²) in [5.74, 6) is -1.13. The number of aromatic amines is 1. The molecule has 36 heavy (non-hydrogen) atoms. The molecule has 5 heterocycles. The van der Waals surface area contributed by atoms with Crippen LogP contribution in [-0.4, -0.2) is 57.2 Å². The van der Waals surface area contributed by atoms with Gasteiger partial charge in [0.05, 0.1) is 28.7 Å². The van der Waals surface area contributed by atoms with Crippen LogP contribution >= 0.6 is 11.6 Å². The van der Waals surface area contributed by atoms with Crippen molar-refractivity contribution in [1.82, 2.24) is 40.1 Å². The van der Waals surface area contributed by atoms with Crippen molar-refractivity contribution in [3.63, 3.8) is 0 Å². The van der Waals surface area contributed by atoms with Crippen LogP contribution in [-0.2, 0) is 0 Å². The number of nitrogens with zero attached hydrogens (tertiary/aromatic N) is 8. The summed E-state index contributed by atoms with van der Waals surface area (Å²) < 4.78 is 30.7. The number of benzene rings is 1. The van der Waals surface area contributed by atoms with E-state index < -0.39 is 24.2 Å². The van der Waals surface area contributed by atoms with Crippen LogP contribution in [0.2, 0.25) is 5.02 Å². The van der Waals surface area contributed by atoms with Crippen molar-refractivity contribution < 1.29 is 13.9 Å². The van der Waals surface area contributed by atoms with Crippen LogP contribution in [0.4, 0.5) is 14.6 Å². The fourth-order valence-corrected chi connectivity index (χ4v) is 4.69. The van der Waals surface area contributed by atoms with Gasteiger partial charge in [0.2, 0.25) is 11.9 Å². The highest BCUT2D eigenvalue weighted by atomic mass is 35.5. The van der Waals surface area contributed by atoms with Crippen LogP contribution in [0.25, 0.3) is 22.8 Å². The van der Waals surface area contributed by atoms with Crippen LogP contribution in [0, 0.1) is 11.9 Å². The lowest BCUT2D eigenvalue weighted by molar-refractivity contribution is 0.0720. The summed E-state index contributed by atoms with van der Waals surface area (Å²) in [5.41, 5.74) is 7.31. The number of halogens is 3. The molecule has 6 rings (SSSR count). The molecular formula is C22H17ClF2N10O. The van der Waals surface area contributed by atoms with E-state index in [0.717, 1.165) is 0 Å². The Balaban J connectivity index is 1.34. The minimum atomic E-state index is -1.12. The molecule has 4 N–H and O–H groups in total. The molecule has 1 aromatic carbocycles. The van der Waals surface area contributed by atoms with E-state index >= 15 is 0 Å². The van der Waals surface area contributed by atoms with Gasteiger partial charge in [-0.2, -0.15) is 18.4 Å². The zero-order valence-corrected chi connectivity index (χ0v) is 19.1. The summed E-state index contributed by atoms with van der Waals surface area (Å²) >= 11 is 6.24. The van der Waals surface area contributed by atoms with Crippen molar-refractivity contribution in [3.05, 3.63) is 70.9 Å². The van der Waals surface area contributed by atoms with Crippen molar-refractivity contribution >= 4 is 29.0 Å². The number of nitrogens with two attached hydrogens (primary N) is 1. The number of aliphatic imine (C=N–C) groups is 1. The number of imidazole rings is 1. The normalized spacial score (nSPS) is 19.3. The molecule has 2 atom stereocenters. The van der Waals surface area contributed by atoms with Gasteiger partial charge in [-0.3, -0.25) is 0 Å². The lowest BCUT2D eigenvalue weighted by Gasteiger charge is -2.32. The van der Waals surface area contributed by atoms with Crippen LogP contribution in [0.3, 0.4) is 0 Å². The zero-order valence-electron chi connectivity index (χ0n) is 18.3. The highest BCUT2D eigenvalue weighted by Gasteiger charge is 2.40. The van der Waals surface area contributed by atoms with Gasteiger partial charge in [0.15, 0.2) is 0 Å². The van der Waals surface area contributed by atoms with E-state index in [1.54, 1.807) is 29.2 Å². The molecule has 0 radical (unpaired) electrons. The number of fused-ring (bicyclic) bond motifs is 1. The van der Waals surface area contributed by atoms with E-state index in [0.29, 0.717) is 40.6 Å². The molecule has 0 amide bonds. The van der Waals surface area contributed by atoms with Gasteiger partial charge in [0.25, 0.3) is 0 Å². The summed E-state index contributed by atoms with van der Waals surface area (Å²) in [4.78, 5) is 16.6. The molecule has 0 aliphatic carbocycles. The first-order valence-electron chi connectivity index (χ1n) is 10.9. The van der Waals surface area contributed by atoms with E-state index in [1.165, 1.54) is 23.1 Å². The number of anilines is 1. The number of pyridine rings is 1. The topological polar surface area (TPSA) is 147 Å². The monoisotopic (exact) mass is 510 g/mol. The molecule has 0 spiro atoms. The smallest absolute Gasteiger partial charge is 0.236 e. The lowest BCUT2D eigenvalue weighted by atomic mass is 10.1. The first-order valence-corrected chi connectivity index (χ1v) is 11.2. The summed E-state index contributed by atoms with van der Waals surface area (Å²) in [7, 11) is 0. The van der Waals surface area contributed by atoms with Gasteiger partial charge in [-0.25, -0.2) is 9.98 Å². The van der Waals surface area contributed by atoms with Crippen LogP contribution in [0.15, 0.2) is 47.7 Å². The van der Waals surface area contributed by atoms with Crippen molar-refractivity contribution in [2.75, 3.05) is 5.73 Å². The molecule has 2 aliphatic heterocycles. The Morgan fingerprint density at radius 1 is 1.11 bits per heavy atom. The van der Waals surface area contributed by atoms with Crippen molar-refractivity contribution in [2.24, 2.45) is 4.99 Å². The van der Waals surface area contributed by atoms with Gasteiger partial charge >= 0.3 is 0 Å².